The Morgan fingerprint density at radius 2 is 1.85 bits per heavy atom. The van der Waals surface area contributed by atoms with Crippen LogP contribution in [0.5, 0.6) is 0 Å². The van der Waals surface area contributed by atoms with E-state index in [1.54, 1.807) is 11.0 Å². The molecule has 0 N–H and O–H groups in total. The van der Waals surface area contributed by atoms with Crippen molar-refractivity contribution in [1.82, 2.24) is 19.7 Å². The Kier molecular flexibility index (Phi) is 4.94. The van der Waals surface area contributed by atoms with Crippen LogP contribution >= 0.6 is 15.9 Å². The van der Waals surface area contributed by atoms with Crippen molar-refractivity contribution < 1.29 is 0 Å². The molecule has 0 bridgehead atoms. The highest BCUT2D eigenvalue weighted by Crippen LogP contribution is 2.32. The summed E-state index contributed by atoms with van der Waals surface area (Å²) in [5.74, 6) is 1.80. The molecule has 3 aromatic rings. The molecule has 0 radical (unpaired) electrons. The van der Waals surface area contributed by atoms with Gasteiger partial charge in [0.05, 0.1) is 5.39 Å². The number of hydrogen-bond donors (Lipinski definition) is 0. The van der Waals surface area contributed by atoms with E-state index in [0.717, 1.165) is 40.5 Å². The van der Waals surface area contributed by atoms with Crippen molar-refractivity contribution in [3.63, 3.8) is 0 Å². The van der Waals surface area contributed by atoms with Crippen molar-refractivity contribution in [3.05, 3.63) is 46.3 Å². The van der Waals surface area contributed by atoms with Crippen LogP contribution in [0.3, 0.4) is 0 Å². The number of fused-ring (bicyclic) bond motifs is 1. The fraction of sp³-hybridized carbons (Fsp3) is 0.450. The van der Waals surface area contributed by atoms with E-state index in [1.807, 2.05) is 7.05 Å². The average molecular weight is 414 g/mol. The number of halogens is 1. The van der Waals surface area contributed by atoms with Gasteiger partial charge in [0.2, 0.25) is 0 Å². The van der Waals surface area contributed by atoms with E-state index < -0.39 is 0 Å². The second-order valence-electron chi connectivity index (χ2n) is 7.26. The maximum Gasteiger partial charge on any atom is 0.164 e. The first-order chi connectivity index (χ1) is 12.6. The molecule has 3 heterocycles. The van der Waals surface area contributed by atoms with Gasteiger partial charge in [-0.05, 0) is 60.0 Å². The topological polar surface area (TPSA) is 46.8 Å². The number of aromatic nitrogens is 4. The summed E-state index contributed by atoms with van der Waals surface area (Å²) < 4.78 is 2.63. The van der Waals surface area contributed by atoms with Gasteiger partial charge >= 0.3 is 0 Å². The van der Waals surface area contributed by atoms with Crippen molar-refractivity contribution in [2.45, 2.75) is 32.6 Å². The van der Waals surface area contributed by atoms with Crippen molar-refractivity contribution in [2.24, 2.45) is 13.0 Å². The lowest BCUT2D eigenvalue weighted by Gasteiger charge is -2.33. The minimum Gasteiger partial charge on any atom is -0.356 e. The standard InChI is InChI=1S/C20H24BrN5/c1-14-3-5-15(6-4-14)7-8-16-9-11-26(12-10-16)20-17-18(21)24-25(2)19(17)22-13-23-20/h3-6,13,16H,7-12H2,1-2H3. The van der Waals surface area contributed by atoms with Crippen LogP contribution < -0.4 is 4.90 Å². The summed E-state index contributed by atoms with van der Waals surface area (Å²) in [7, 11) is 1.92. The molecule has 26 heavy (non-hydrogen) atoms. The third-order valence-electron chi connectivity index (χ3n) is 5.43. The molecule has 1 saturated heterocycles. The van der Waals surface area contributed by atoms with Gasteiger partial charge in [-0.1, -0.05) is 29.8 Å². The molecule has 0 unspecified atom stereocenters. The molecule has 0 spiro atoms. The van der Waals surface area contributed by atoms with Gasteiger partial charge in [0.15, 0.2) is 5.65 Å². The lowest BCUT2D eigenvalue weighted by Crippen LogP contribution is -2.34. The zero-order valence-corrected chi connectivity index (χ0v) is 16.9. The number of benzene rings is 1. The van der Waals surface area contributed by atoms with Crippen LogP contribution in [-0.2, 0) is 13.5 Å². The van der Waals surface area contributed by atoms with E-state index in [4.69, 9.17) is 0 Å². The van der Waals surface area contributed by atoms with Crippen molar-refractivity contribution in [1.29, 1.82) is 0 Å². The second-order valence-corrected chi connectivity index (χ2v) is 8.02. The number of piperidine rings is 1. The molecule has 136 valence electrons. The third-order valence-corrected chi connectivity index (χ3v) is 5.99. The first-order valence-electron chi connectivity index (χ1n) is 9.25. The molecule has 0 aliphatic carbocycles. The summed E-state index contributed by atoms with van der Waals surface area (Å²) in [6, 6.07) is 8.96. The van der Waals surface area contributed by atoms with Gasteiger partial charge in [-0.25, -0.2) is 14.6 Å². The predicted octanol–water partition coefficient (Wildman–Crippen LogP) is 4.28. The molecular formula is C20H24BrN5. The van der Waals surface area contributed by atoms with Crippen molar-refractivity contribution in [3.8, 4) is 0 Å². The molecule has 2 aromatic heterocycles. The van der Waals surface area contributed by atoms with E-state index >= 15 is 0 Å². The summed E-state index contributed by atoms with van der Waals surface area (Å²) in [5, 5.41) is 5.46. The number of hydrogen-bond acceptors (Lipinski definition) is 4. The van der Waals surface area contributed by atoms with E-state index in [2.05, 4.69) is 67.1 Å². The molecule has 1 aliphatic heterocycles. The fourth-order valence-electron chi connectivity index (χ4n) is 3.83. The summed E-state index contributed by atoms with van der Waals surface area (Å²) in [4.78, 5) is 11.3. The molecule has 5 nitrogen and oxygen atoms in total. The first kappa shape index (κ1) is 17.5. The number of nitrogens with zero attached hydrogens (tertiary/aromatic N) is 5. The quantitative estimate of drug-likeness (QED) is 0.639. The summed E-state index contributed by atoms with van der Waals surface area (Å²) in [6.45, 7) is 4.24. The second kappa shape index (κ2) is 7.35. The van der Waals surface area contributed by atoms with Gasteiger partial charge < -0.3 is 4.90 Å². The SMILES string of the molecule is Cc1ccc(CCC2CCN(c3ncnc4c3c(Br)nn4C)CC2)cc1. The smallest absolute Gasteiger partial charge is 0.164 e. The molecule has 0 saturated carbocycles. The van der Waals surface area contributed by atoms with Gasteiger partial charge in [-0.2, -0.15) is 5.10 Å². The normalized spacial score (nSPS) is 15.7. The highest BCUT2D eigenvalue weighted by atomic mass is 79.9. The summed E-state index contributed by atoms with van der Waals surface area (Å²) in [6.07, 6.45) is 6.53. The van der Waals surface area contributed by atoms with E-state index in [1.165, 1.54) is 36.8 Å². The first-order valence-corrected chi connectivity index (χ1v) is 10.0. The Morgan fingerprint density at radius 1 is 1.12 bits per heavy atom. The van der Waals surface area contributed by atoms with Crippen LogP contribution in [-0.4, -0.2) is 32.8 Å². The van der Waals surface area contributed by atoms with Crippen molar-refractivity contribution in [2.75, 3.05) is 18.0 Å². The Morgan fingerprint density at radius 3 is 2.58 bits per heavy atom. The van der Waals surface area contributed by atoms with Gasteiger partial charge in [0, 0.05) is 20.1 Å². The van der Waals surface area contributed by atoms with Gasteiger partial charge in [0.1, 0.15) is 16.7 Å². The molecule has 4 rings (SSSR count). The van der Waals surface area contributed by atoms with E-state index in [-0.39, 0.29) is 0 Å². The molecule has 1 aromatic carbocycles. The monoisotopic (exact) mass is 413 g/mol. The van der Waals surface area contributed by atoms with Crippen LogP contribution in [0.2, 0.25) is 0 Å². The lowest BCUT2D eigenvalue weighted by molar-refractivity contribution is 0.381. The maximum absolute atomic E-state index is 4.56. The molecule has 0 atom stereocenters. The lowest BCUT2D eigenvalue weighted by atomic mass is 9.90. The summed E-state index contributed by atoms with van der Waals surface area (Å²) in [5.41, 5.74) is 3.66. The molecule has 1 aliphatic rings. The maximum atomic E-state index is 4.56. The Hall–Kier alpha value is -1.95. The van der Waals surface area contributed by atoms with Gasteiger partial charge in [-0.3, -0.25) is 0 Å². The van der Waals surface area contributed by atoms with Crippen LogP contribution in [0, 0.1) is 12.8 Å². The third kappa shape index (κ3) is 3.47. The van der Waals surface area contributed by atoms with E-state index in [0.29, 0.717) is 0 Å². The highest BCUT2D eigenvalue weighted by Gasteiger charge is 2.23. The van der Waals surface area contributed by atoms with Crippen molar-refractivity contribution >= 4 is 32.8 Å². The Balaban J connectivity index is 1.40. The summed E-state index contributed by atoms with van der Waals surface area (Å²) >= 11 is 3.56. The minimum atomic E-state index is 0.794. The molecular weight excluding hydrogens is 390 g/mol. The Bertz CT molecular complexity index is 894. The van der Waals surface area contributed by atoms with Crippen LogP contribution in [0.4, 0.5) is 5.82 Å². The molecule has 0 amide bonds. The average Bonchev–Trinajstić information content (AvgIpc) is 2.96. The zero-order chi connectivity index (χ0) is 18.1. The number of rotatable bonds is 4. The zero-order valence-electron chi connectivity index (χ0n) is 15.3. The number of aryl methyl sites for hydroxylation is 3. The minimum absolute atomic E-state index is 0.794. The van der Waals surface area contributed by atoms with Gasteiger partial charge in [-0.15, -0.1) is 0 Å². The van der Waals surface area contributed by atoms with Crippen LogP contribution in [0.1, 0.15) is 30.4 Å². The fourth-order valence-corrected chi connectivity index (χ4v) is 4.42. The van der Waals surface area contributed by atoms with Gasteiger partial charge in [0.25, 0.3) is 0 Å². The number of anilines is 1. The predicted molar refractivity (Wildman–Crippen MR) is 108 cm³/mol. The molecule has 6 heteroatoms. The largest absolute Gasteiger partial charge is 0.356 e. The Labute approximate surface area is 162 Å². The van der Waals surface area contributed by atoms with E-state index in [9.17, 15) is 0 Å². The van der Waals surface area contributed by atoms with Crippen LogP contribution in [0.15, 0.2) is 35.2 Å². The van der Waals surface area contributed by atoms with Crippen LogP contribution in [0.25, 0.3) is 11.0 Å². The molecule has 1 fully saturated rings. The highest BCUT2D eigenvalue weighted by molar-refractivity contribution is 9.10.